The van der Waals surface area contributed by atoms with Crippen LogP contribution in [0.3, 0.4) is 0 Å². The van der Waals surface area contributed by atoms with E-state index in [9.17, 15) is 0 Å². The van der Waals surface area contributed by atoms with E-state index in [1.807, 2.05) is 23.5 Å². The van der Waals surface area contributed by atoms with Crippen molar-refractivity contribution in [1.82, 2.24) is 0 Å². The fraction of sp³-hybridized carbons (Fsp3) is 0.333. The fourth-order valence-electron chi connectivity index (χ4n) is 2.89. The number of rotatable bonds is 2. The molecule has 3 nitrogen and oxygen atoms in total. The Morgan fingerprint density at radius 2 is 2.05 bits per heavy atom. The molecule has 0 saturated carbocycles. The van der Waals surface area contributed by atoms with Gasteiger partial charge in [-0.25, -0.2) is 0 Å². The van der Waals surface area contributed by atoms with Gasteiger partial charge in [0.15, 0.2) is 11.5 Å². The lowest BCUT2D eigenvalue weighted by Crippen LogP contribution is -2.15. The number of anilines is 1. The van der Waals surface area contributed by atoms with Crippen LogP contribution in [-0.2, 0) is 6.42 Å². The van der Waals surface area contributed by atoms with Gasteiger partial charge in [0.25, 0.3) is 0 Å². The third kappa shape index (κ3) is 2.59. The number of halogens is 2. The van der Waals surface area contributed by atoms with Crippen molar-refractivity contribution >= 4 is 51.2 Å². The van der Waals surface area contributed by atoms with Crippen molar-refractivity contribution in [3.63, 3.8) is 0 Å². The molecule has 6 heteroatoms. The maximum absolute atomic E-state index is 6.36. The first-order chi connectivity index (χ1) is 10.2. The Hall–Kier alpha value is -0.660. The maximum Gasteiger partial charge on any atom is 0.231 e. The van der Waals surface area contributed by atoms with Gasteiger partial charge in [-0.15, -0.1) is 11.3 Å². The lowest BCUT2D eigenvalue weighted by atomic mass is 9.94. The van der Waals surface area contributed by atoms with Gasteiger partial charge >= 0.3 is 0 Å². The quantitative estimate of drug-likeness (QED) is 0.658. The second kappa shape index (κ2) is 5.52. The zero-order valence-electron chi connectivity index (χ0n) is 11.1. The molecule has 1 aliphatic heterocycles. The SMILES string of the molecule is Clc1cc2c(cc1NC1CCCc3sc(I)cc31)OCO2. The molecular formula is C15H13ClINO2S. The summed E-state index contributed by atoms with van der Waals surface area (Å²) in [7, 11) is 0. The van der Waals surface area contributed by atoms with Crippen LogP contribution in [0.4, 0.5) is 5.69 Å². The van der Waals surface area contributed by atoms with Gasteiger partial charge in [-0.2, -0.15) is 0 Å². The van der Waals surface area contributed by atoms with Gasteiger partial charge < -0.3 is 14.8 Å². The Kier molecular flexibility index (Phi) is 3.67. The summed E-state index contributed by atoms with van der Waals surface area (Å²) in [6.45, 7) is 0.269. The molecule has 21 heavy (non-hydrogen) atoms. The van der Waals surface area contributed by atoms with E-state index in [1.165, 1.54) is 26.2 Å². The number of hydrogen-bond donors (Lipinski definition) is 1. The normalized spacial score (nSPS) is 19.4. The van der Waals surface area contributed by atoms with Gasteiger partial charge in [-0.1, -0.05) is 11.6 Å². The minimum Gasteiger partial charge on any atom is -0.454 e. The van der Waals surface area contributed by atoms with E-state index in [1.54, 1.807) is 0 Å². The summed E-state index contributed by atoms with van der Waals surface area (Å²) < 4.78 is 12.1. The molecule has 0 radical (unpaired) electrons. The van der Waals surface area contributed by atoms with Crippen molar-refractivity contribution in [3.8, 4) is 11.5 Å². The standard InChI is InChI=1S/C15H13ClINO2S/c16-9-5-12-13(20-7-19-12)6-11(9)18-10-2-1-3-14-8(10)4-15(17)21-14/h4-6,10,18H,1-3,7H2. The number of benzene rings is 1. The second-order valence-corrected chi connectivity index (χ2v) is 8.64. The van der Waals surface area contributed by atoms with Crippen molar-refractivity contribution < 1.29 is 9.47 Å². The Morgan fingerprint density at radius 3 is 2.90 bits per heavy atom. The molecule has 1 aromatic carbocycles. The summed E-state index contributed by atoms with van der Waals surface area (Å²) >= 11 is 10.7. The van der Waals surface area contributed by atoms with Crippen LogP contribution in [0.15, 0.2) is 18.2 Å². The average Bonchev–Trinajstić information content (AvgIpc) is 3.04. The maximum atomic E-state index is 6.36. The fourth-order valence-corrected chi connectivity index (χ4v) is 5.21. The average molecular weight is 434 g/mol. The highest BCUT2D eigenvalue weighted by Crippen LogP contribution is 2.43. The molecule has 0 amide bonds. The Morgan fingerprint density at radius 1 is 1.24 bits per heavy atom. The van der Waals surface area contributed by atoms with Gasteiger partial charge in [0.1, 0.15) is 0 Å². The monoisotopic (exact) mass is 433 g/mol. The highest BCUT2D eigenvalue weighted by atomic mass is 127. The van der Waals surface area contributed by atoms with Gasteiger partial charge in [0, 0.05) is 17.0 Å². The Bertz CT molecular complexity index is 703. The molecule has 0 saturated heterocycles. The summed E-state index contributed by atoms with van der Waals surface area (Å²) in [5, 5.41) is 4.26. The van der Waals surface area contributed by atoms with Crippen LogP contribution in [0.25, 0.3) is 0 Å². The molecular weight excluding hydrogens is 421 g/mol. The minimum absolute atomic E-state index is 0.269. The van der Waals surface area contributed by atoms with E-state index in [2.05, 4.69) is 34.0 Å². The summed E-state index contributed by atoms with van der Waals surface area (Å²) in [4.78, 5) is 1.50. The number of fused-ring (bicyclic) bond motifs is 2. The topological polar surface area (TPSA) is 30.5 Å². The zero-order chi connectivity index (χ0) is 14.4. The van der Waals surface area contributed by atoms with Crippen molar-refractivity contribution in [1.29, 1.82) is 0 Å². The highest BCUT2D eigenvalue weighted by Gasteiger charge is 2.24. The largest absolute Gasteiger partial charge is 0.454 e. The predicted octanol–water partition coefficient (Wildman–Crippen LogP) is 5.22. The van der Waals surface area contributed by atoms with E-state index >= 15 is 0 Å². The van der Waals surface area contributed by atoms with Crippen LogP contribution in [0.5, 0.6) is 11.5 Å². The molecule has 1 atom stereocenters. The minimum atomic E-state index is 0.269. The van der Waals surface area contributed by atoms with E-state index in [0.717, 1.165) is 23.6 Å². The van der Waals surface area contributed by atoms with Crippen molar-refractivity contribution in [2.24, 2.45) is 0 Å². The third-order valence-electron chi connectivity index (χ3n) is 3.88. The van der Waals surface area contributed by atoms with Crippen molar-refractivity contribution in [2.45, 2.75) is 25.3 Å². The van der Waals surface area contributed by atoms with Gasteiger partial charge in [0.2, 0.25) is 6.79 Å². The van der Waals surface area contributed by atoms with E-state index in [-0.39, 0.29) is 6.79 Å². The molecule has 2 heterocycles. The van der Waals surface area contributed by atoms with Gasteiger partial charge in [-0.3, -0.25) is 0 Å². The molecule has 1 unspecified atom stereocenters. The summed E-state index contributed by atoms with van der Waals surface area (Å²) in [6.07, 6.45) is 3.53. The molecule has 0 bridgehead atoms. The summed E-state index contributed by atoms with van der Waals surface area (Å²) in [5.74, 6) is 1.48. The van der Waals surface area contributed by atoms with E-state index < -0.39 is 0 Å². The van der Waals surface area contributed by atoms with Crippen LogP contribution in [0, 0.1) is 2.88 Å². The molecule has 1 aromatic heterocycles. The van der Waals surface area contributed by atoms with Crippen molar-refractivity contribution in [3.05, 3.63) is 36.5 Å². The van der Waals surface area contributed by atoms with Gasteiger partial charge in [0.05, 0.1) is 19.6 Å². The van der Waals surface area contributed by atoms with Crippen LogP contribution in [0.1, 0.15) is 29.3 Å². The summed E-state index contributed by atoms with van der Waals surface area (Å²) in [6, 6.07) is 6.38. The first-order valence-corrected chi connectivity index (χ1v) is 9.12. The molecule has 110 valence electrons. The Labute approximate surface area is 145 Å². The second-order valence-electron chi connectivity index (χ2n) is 5.20. The van der Waals surface area contributed by atoms with E-state index in [0.29, 0.717) is 11.1 Å². The highest BCUT2D eigenvalue weighted by molar-refractivity contribution is 14.1. The van der Waals surface area contributed by atoms with Crippen LogP contribution < -0.4 is 14.8 Å². The lowest BCUT2D eigenvalue weighted by Gasteiger charge is -2.25. The van der Waals surface area contributed by atoms with E-state index in [4.69, 9.17) is 21.1 Å². The number of ether oxygens (including phenoxy) is 2. The molecule has 1 aliphatic carbocycles. The molecule has 0 fully saturated rings. The third-order valence-corrected chi connectivity index (χ3v) is 6.16. The molecule has 0 spiro atoms. The Balaban J connectivity index is 1.65. The number of aryl methyl sites for hydroxylation is 1. The predicted molar refractivity (Wildman–Crippen MR) is 93.9 cm³/mol. The first-order valence-electron chi connectivity index (χ1n) is 6.84. The molecule has 4 rings (SSSR count). The first kappa shape index (κ1) is 14.0. The number of thiophene rings is 1. The van der Waals surface area contributed by atoms with Crippen LogP contribution in [-0.4, -0.2) is 6.79 Å². The zero-order valence-corrected chi connectivity index (χ0v) is 14.8. The van der Waals surface area contributed by atoms with Gasteiger partial charge in [-0.05, 0) is 53.5 Å². The number of hydrogen-bond acceptors (Lipinski definition) is 4. The smallest absolute Gasteiger partial charge is 0.231 e. The molecule has 2 aromatic rings. The molecule has 2 aliphatic rings. The van der Waals surface area contributed by atoms with Crippen molar-refractivity contribution in [2.75, 3.05) is 12.1 Å². The molecule has 1 N–H and O–H groups in total. The van der Waals surface area contributed by atoms with Crippen LogP contribution in [0.2, 0.25) is 5.02 Å². The lowest BCUT2D eigenvalue weighted by molar-refractivity contribution is 0.174. The van der Waals surface area contributed by atoms with Crippen LogP contribution >= 0.6 is 45.5 Å². The summed E-state index contributed by atoms with van der Waals surface area (Å²) in [5.41, 5.74) is 2.34. The number of nitrogens with one attached hydrogen (secondary N) is 1.